The van der Waals surface area contributed by atoms with Crippen molar-refractivity contribution in [1.29, 1.82) is 5.41 Å². The molecule has 0 saturated heterocycles. The molecule has 0 heterocycles. The van der Waals surface area contributed by atoms with Gasteiger partial charge in [-0.1, -0.05) is 0 Å². The molecular formula is C11H16FN3O2S. The lowest BCUT2D eigenvalue weighted by Crippen LogP contribution is -2.52. The molecule has 0 amide bonds. The Hall–Kier alpha value is -1.47. The Kier molecular flexibility index (Phi) is 3.78. The summed E-state index contributed by atoms with van der Waals surface area (Å²) in [6.45, 7) is 4.45. The fourth-order valence-corrected chi connectivity index (χ4v) is 2.98. The number of rotatable bonds is 4. The zero-order chi connectivity index (χ0) is 14.1. The van der Waals surface area contributed by atoms with Crippen molar-refractivity contribution in [2.45, 2.75) is 31.2 Å². The Bertz CT molecular complexity index is 582. The van der Waals surface area contributed by atoms with Crippen molar-refractivity contribution in [3.8, 4) is 0 Å². The summed E-state index contributed by atoms with van der Waals surface area (Å²) in [5, 5.41) is 7.32. The maximum Gasteiger partial charge on any atom is 0.241 e. The molecule has 0 aliphatic carbocycles. The molecule has 0 spiro atoms. The van der Waals surface area contributed by atoms with Crippen LogP contribution in [0.15, 0.2) is 23.1 Å². The van der Waals surface area contributed by atoms with E-state index in [2.05, 4.69) is 4.72 Å². The number of hydrogen-bond donors (Lipinski definition) is 3. The first kappa shape index (κ1) is 14.6. The van der Waals surface area contributed by atoms with Crippen LogP contribution in [0.2, 0.25) is 0 Å². The van der Waals surface area contributed by atoms with Crippen LogP contribution in [-0.2, 0) is 10.0 Å². The molecule has 1 rings (SSSR count). The van der Waals surface area contributed by atoms with Gasteiger partial charge in [0.05, 0.1) is 10.4 Å². The number of nitrogens with two attached hydrogens (primary N) is 1. The smallest absolute Gasteiger partial charge is 0.241 e. The van der Waals surface area contributed by atoms with Crippen LogP contribution in [0.3, 0.4) is 0 Å². The van der Waals surface area contributed by atoms with E-state index in [0.29, 0.717) is 5.56 Å². The van der Waals surface area contributed by atoms with Crippen LogP contribution >= 0.6 is 0 Å². The quantitative estimate of drug-likeness (QED) is 0.566. The molecule has 1 aromatic carbocycles. The van der Waals surface area contributed by atoms with Gasteiger partial charge in [0.25, 0.3) is 0 Å². The third kappa shape index (κ3) is 3.05. The van der Waals surface area contributed by atoms with Gasteiger partial charge in [0.2, 0.25) is 10.0 Å². The Morgan fingerprint density at radius 3 is 2.44 bits per heavy atom. The fraction of sp³-hybridized carbons (Fsp3) is 0.364. The van der Waals surface area contributed by atoms with Crippen LogP contribution < -0.4 is 10.5 Å². The van der Waals surface area contributed by atoms with Crippen LogP contribution in [0.25, 0.3) is 0 Å². The van der Waals surface area contributed by atoms with E-state index in [0.717, 1.165) is 12.1 Å². The molecule has 7 heteroatoms. The zero-order valence-corrected chi connectivity index (χ0v) is 11.2. The highest BCUT2D eigenvalue weighted by Crippen LogP contribution is 2.18. The van der Waals surface area contributed by atoms with Crippen molar-refractivity contribution in [2.75, 3.05) is 0 Å². The van der Waals surface area contributed by atoms with Crippen molar-refractivity contribution < 1.29 is 12.8 Å². The lowest BCUT2D eigenvalue weighted by molar-refractivity contribution is 0.541. The van der Waals surface area contributed by atoms with E-state index in [1.807, 2.05) is 0 Å². The van der Waals surface area contributed by atoms with Gasteiger partial charge in [-0.3, -0.25) is 5.41 Å². The fourth-order valence-electron chi connectivity index (χ4n) is 1.36. The number of hydrogen-bond acceptors (Lipinski definition) is 3. The molecule has 1 aromatic rings. The summed E-state index contributed by atoms with van der Waals surface area (Å²) in [6, 6.07) is 3.39. The summed E-state index contributed by atoms with van der Waals surface area (Å²) in [7, 11) is -3.85. The minimum atomic E-state index is -3.85. The average molecular weight is 273 g/mol. The molecule has 0 aromatic heterocycles. The van der Waals surface area contributed by atoms with Gasteiger partial charge in [0.15, 0.2) is 0 Å². The highest BCUT2D eigenvalue weighted by molar-refractivity contribution is 7.89. The highest BCUT2D eigenvalue weighted by atomic mass is 32.2. The molecule has 0 bridgehead atoms. The first-order chi connectivity index (χ1) is 8.06. The van der Waals surface area contributed by atoms with Gasteiger partial charge in [0.1, 0.15) is 11.7 Å². The summed E-state index contributed by atoms with van der Waals surface area (Å²) in [6.07, 6.45) is 0. The summed E-state index contributed by atoms with van der Waals surface area (Å²) >= 11 is 0. The lowest BCUT2D eigenvalue weighted by atomic mass is 10.1. The molecule has 5 nitrogen and oxygen atoms in total. The normalized spacial score (nSPS) is 12.4. The highest BCUT2D eigenvalue weighted by Gasteiger charge is 2.29. The van der Waals surface area contributed by atoms with Crippen molar-refractivity contribution in [3.05, 3.63) is 29.6 Å². The predicted octanol–water partition coefficient (Wildman–Crippen LogP) is 1.13. The van der Waals surface area contributed by atoms with Crippen LogP contribution in [0, 0.1) is 18.2 Å². The van der Waals surface area contributed by atoms with Crippen molar-refractivity contribution in [1.82, 2.24) is 4.72 Å². The minimum Gasteiger partial charge on any atom is -0.386 e. The molecule has 0 aliphatic rings. The van der Waals surface area contributed by atoms with Crippen LogP contribution in [-0.4, -0.2) is 19.8 Å². The van der Waals surface area contributed by atoms with Gasteiger partial charge in [-0.25, -0.2) is 12.8 Å². The summed E-state index contributed by atoms with van der Waals surface area (Å²) < 4.78 is 39.4. The molecule has 4 N–H and O–H groups in total. The second kappa shape index (κ2) is 4.66. The first-order valence-corrected chi connectivity index (χ1v) is 6.69. The topological polar surface area (TPSA) is 96.0 Å². The third-order valence-corrected chi connectivity index (χ3v) is 4.31. The Balaban J connectivity index is 3.19. The Labute approximate surface area is 106 Å². The maximum atomic E-state index is 12.9. The van der Waals surface area contributed by atoms with Crippen LogP contribution in [0.5, 0.6) is 0 Å². The van der Waals surface area contributed by atoms with Gasteiger partial charge < -0.3 is 5.73 Å². The van der Waals surface area contributed by atoms with E-state index < -0.39 is 21.4 Å². The minimum absolute atomic E-state index is 0.0294. The molecule has 0 atom stereocenters. The number of nitrogens with one attached hydrogen (secondary N) is 2. The molecule has 0 aliphatic heterocycles. The Morgan fingerprint density at radius 2 is 2.00 bits per heavy atom. The largest absolute Gasteiger partial charge is 0.386 e. The second-order valence-corrected chi connectivity index (χ2v) is 6.20. The number of aryl methyl sites for hydroxylation is 1. The van der Waals surface area contributed by atoms with Gasteiger partial charge >= 0.3 is 0 Å². The van der Waals surface area contributed by atoms with Crippen LogP contribution in [0.4, 0.5) is 4.39 Å². The van der Waals surface area contributed by atoms with Gasteiger partial charge in [-0.2, -0.15) is 4.72 Å². The van der Waals surface area contributed by atoms with E-state index in [1.165, 1.54) is 26.8 Å². The van der Waals surface area contributed by atoms with Gasteiger partial charge in [0, 0.05) is 0 Å². The first-order valence-electron chi connectivity index (χ1n) is 5.21. The molecular weight excluding hydrogens is 257 g/mol. The van der Waals surface area contributed by atoms with Crippen molar-refractivity contribution >= 4 is 15.9 Å². The molecule has 0 saturated carbocycles. The van der Waals surface area contributed by atoms with E-state index in [1.54, 1.807) is 0 Å². The SMILES string of the molecule is Cc1cc(F)ccc1S(=O)(=O)NC(C)(C)C(=N)N. The van der Waals surface area contributed by atoms with Crippen molar-refractivity contribution in [3.63, 3.8) is 0 Å². The average Bonchev–Trinajstić information content (AvgIpc) is 2.14. The number of halogens is 1. The summed E-state index contributed by atoms with van der Waals surface area (Å²) in [5.41, 5.74) is 4.41. The summed E-state index contributed by atoms with van der Waals surface area (Å²) in [4.78, 5) is -0.0294. The standard InChI is InChI=1S/C11H16FN3O2S/c1-7-6-8(12)4-5-9(7)18(16,17)15-11(2,3)10(13)14/h4-6,15H,1-3H3,(H3,13,14). The molecule has 0 unspecified atom stereocenters. The van der Waals surface area contributed by atoms with Gasteiger partial charge in [-0.05, 0) is 44.5 Å². The molecule has 18 heavy (non-hydrogen) atoms. The van der Waals surface area contributed by atoms with E-state index >= 15 is 0 Å². The second-order valence-electron chi connectivity index (χ2n) is 4.55. The molecule has 0 fully saturated rings. The maximum absolute atomic E-state index is 12.9. The van der Waals surface area contributed by atoms with E-state index in [4.69, 9.17) is 11.1 Å². The molecule has 0 radical (unpaired) electrons. The third-order valence-electron chi connectivity index (χ3n) is 2.49. The van der Waals surface area contributed by atoms with Crippen molar-refractivity contribution in [2.24, 2.45) is 5.73 Å². The number of sulfonamides is 1. The number of benzene rings is 1. The van der Waals surface area contributed by atoms with Gasteiger partial charge in [-0.15, -0.1) is 0 Å². The molecule has 100 valence electrons. The van der Waals surface area contributed by atoms with Crippen LogP contribution in [0.1, 0.15) is 19.4 Å². The summed E-state index contributed by atoms with van der Waals surface area (Å²) in [5.74, 6) is -0.803. The monoisotopic (exact) mass is 273 g/mol. The Morgan fingerprint density at radius 1 is 1.44 bits per heavy atom. The van der Waals surface area contributed by atoms with E-state index in [9.17, 15) is 12.8 Å². The predicted molar refractivity (Wildman–Crippen MR) is 67.5 cm³/mol. The lowest BCUT2D eigenvalue weighted by Gasteiger charge is -2.24. The number of amidine groups is 1. The van der Waals surface area contributed by atoms with E-state index in [-0.39, 0.29) is 10.7 Å². The zero-order valence-electron chi connectivity index (χ0n) is 10.4.